The van der Waals surface area contributed by atoms with Crippen molar-refractivity contribution in [1.82, 2.24) is 10.2 Å². The highest BCUT2D eigenvalue weighted by molar-refractivity contribution is 8.00. The summed E-state index contributed by atoms with van der Waals surface area (Å²) in [4.78, 5) is 24.6. The van der Waals surface area contributed by atoms with E-state index in [2.05, 4.69) is 12.2 Å². The molecule has 0 rings (SSSR count). The molecule has 1 unspecified atom stereocenters. The van der Waals surface area contributed by atoms with Gasteiger partial charge in [0.2, 0.25) is 11.8 Å². The van der Waals surface area contributed by atoms with E-state index < -0.39 is 0 Å². The average Bonchev–Trinajstić information content (AvgIpc) is 2.33. The van der Waals surface area contributed by atoms with E-state index in [9.17, 15) is 9.59 Å². The van der Waals surface area contributed by atoms with Crippen molar-refractivity contribution in [3.8, 4) is 0 Å². The van der Waals surface area contributed by atoms with Crippen molar-refractivity contribution in [2.75, 3.05) is 32.4 Å². The molecule has 106 valence electrons. The standard InChI is InChI=1S/C12H25N3O2S/c1-4-7-14-11(16)8-15(3)12(17)9-18-10(2)5-6-13/h10H,4-9,13H2,1-3H3,(H,14,16). The molecule has 0 aliphatic heterocycles. The molecule has 0 aromatic heterocycles. The van der Waals surface area contributed by atoms with Crippen molar-refractivity contribution >= 4 is 23.6 Å². The summed E-state index contributed by atoms with van der Waals surface area (Å²) in [6, 6.07) is 0. The van der Waals surface area contributed by atoms with Gasteiger partial charge < -0.3 is 16.0 Å². The molecular formula is C12H25N3O2S. The van der Waals surface area contributed by atoms with E-state index in [-0.39, 0.29) is 18.4 Å². The maximum absolute atomic E-state index is 11.8. The number of amides is 2. The molecule has 0 saturated carbocycles. The minimum absolute atomic E-state index is 0.0180. The molecule has 0 aliphatic rings. The lowest BCUT2D eigenvalue weighted by Crippen LogP contribution is -2.39. The van der Waals surface area contributed by atoms with E-state index >= 15 is 0 Å². The zero-order chi connectivity index (χ0) is 14.0. The molecule has 0 aromatic carbocycles. The minimum atomic E-state index is -0.104. The molecule has 3 N–H and O–H groups in total. The van der Waals surface area contributed by atoms with Crippen molar-refractivity contribution in [2.45, 2.75) is 31.9 Å². The fourth-order valence-electron chi connectivity index (χ4n) is 1.27. The van der Waals surface area contributed by atoms with Gasteiger partial charge in [-0.3, -0.25) is 9.59 Å². The van der Waals surface area contributed by atoms with Gasteiger partial charge in [-0.2, -0.15) is 0 Å². The van der Waals surface area contributed by atoms with Gasteiger partial charge in [0.25, 0.3) is 0 Å². The lowest BCUT2D eigenvalue weighted by atomic mass is 10.3. The van der Waals surface area contributed by atoms with E-state index in [4.69, 9.17) is 5.73 Å². The predicted octanol–water partition coefficient (Wildman–Crippen LogP) is 0.442. The second kappa shape index (κ2) is 10.2. The molecule has 0 aliphatic carbocycles. The molecule has 0 aromatic rings. The summed E-state index contributed by atoms with van der Waals surface area (Å²) in [7, 11) is 1.65. The summed E-state index contributed by atoms with van der Waals surface area (Å²) in [5.41, 5.74) is 5.45. The Kier molecular flexibility index (Phi) is 9.77. The molecule has 6 heteroatoms. The first-order valence-electron chi connectivity index (χ1n) is 6.33. The molecule has 0 bridgehead atoms. The predicted molar refractivity (Wildman–Crippen MR) is 76.5 cm³/mol. The maximum Gasteiger partial charge on any atom is 0.239 e. The Morgan fingerprint density at radius 1 is 1.44 bits per heavy atom. The largest absolute Gasteiger partial charge is 0.355 e. The molecule has 18 heavy (non-hydrogen) atoms. The Morgan fingerprint density at radius 2 is 2.11 bits per heavy atom. The fourth-order valence-corrected chi connectivity index (χ4v) is 2.22. The van der Waals surface area contributed by atoms with E-state index in [1.165, 1.54) is 4.90 Å². The van der Waals surface area contributed by atoms with Gasteiger partial charge in [-0.25, -0.2) is 0 Å². The second-order valence-electron chi connectivity index (χ2n) is 4.30. The molecule has 0 saturated heterocycles. The van der Waals surface area contributed by atoms with Crippen molar-refractivity contribution in [1.29, 1.82) is 0 Å². The summed E-state index contributed by atoms with van der Waals surface area (Å²) < 4.78 is 0. The molecule has 0 radical (unpaired) electrons. The van der Waals surface area contributed by atoms with Crippen LogP contribution in [0.2, 0.25) is 0 Å². The molecule has 1 atom stereocenters. The van der Waals surface area contributed by atoms with Crippen LogP contribution in [0.4, 0.5) is 0 Å². The van der Waals surface area contributed by atoms with E-state index in [1.807, 2.05) is 6.92 Å². The third kappa shape index (κ3) is 8.36. The number of nitrogens with two attached hydrogens (primary N) is 1. The quantitative estimate of drug-likeness (QED) is 0.640. The smallest absolute Gasteiger partial charge is 0.239 e. The third-order valence-electron chi connectivity index (χ3n) is 2.44. The molecule has 2 amide bonds. The highest BCUT2D eigenvalue weighted by Crippen LogP contribution is 2.13. The Balaban J connectivity index is 3.85. The number of nitrogens with zero attached hydrogens (tertiary/aromatic N) is 1. The van der Waals surface area contributed by atoms with Crippen LogP contribution in [0.3, 0.4) is 0 Å². The Labute approximate surface area is 114 Å². The topological polar surface area (TPSA) is 75.4 Å². The molecule has 0 heterocycles. The van der Waals surface area contributed by atoms with E-state index in [0.717, 1.165) is 12.8 Å². The van der Waals surface area contributed by atoms with Crippen LogP contribution >= 0.6 is 11.8 Å². The Morgan fingerprint density at radius 3 is 2.67 bits per heavy atom. The zero-order valence-electron chi connectivity index (χ0n) is 11.6. The van der Waals surface area contributed by atoms with Gasteiger partial charge in [-0.1, -0.05) is 13.8 Å². The van der Waals surface area contributed by atoms with Crippen molar-refractivity contribution in [3.63, 3.8) is 0 Å². The number of carbonyl (C=O) groups excluding carboxylic acids is 2. The molecule has 0 fully saturated rings. The SMILES string of the molecule is CCCNC(=O)CN(C)C(=O)CSC(C)CCN. The second-order valence-corrected chi connectivity index (χ2v) is 5.73. The van der Waals surface area contributed by atoms with Crippen LogP contribution in [0, 0.1) is 0 Å². The summed E-state index contributed by atoms with van der Waals surface area (Å²) in [5, 5.41) is 3.12. The van der Waals surface area contributed by atoms with Gasteiger partial charge in [0, 0.05) is 18.8 Å². The van der Waals surface area contributed by atoms with Gasteiger partial charge in [0.1, 0.15) is 0 Å². The highest BCUT2D eigenvalue weighted by Gasteiger charge is 2.13. The van der Waals surface area contributed by atoms with Crippen LogP contribution in [0.25, 0.3) is 0 Å². The Bertz CT molecular complexity index is 262. The van der Waals surface area contributed by atoms with Crippen molar-refractivity contribution in [3.05, 3.63) is 0 Å². The summed E-state index contributed by atoms with van der Waals surface area (Å²) in [5.74, 6) is 0.279. The first-order chi connectivity index (χ1) is 8.51. The maximum atomic E-state index is 11.8. The Hall–Kier alpha value is -0.750. The third-order valence-corrected chi connectivity index (χ3v) is 3.66. The van der Waals surface area contributed by atoms with Crippen LogP contribution in [-0.4, -0.2) is 54.4 Å². The first-order valence-corrected chi connectivity index (χ1v) is 7.38. The van der Waals surface area contributed by atoms with Gasteiger partial charge in [-0.05, 0) is 19.4 Å². The molecule has 0 spiro atoms. The summed E-state index contributed by atoms with van der Waals surface area (Å²) in [6.45, 7) is 5.47. The molecular weight excluding hydrogens is 250 g/mol. The van der Waals surface area contributed by atoms with Crippen LogP contribution < -0.4 is 11.1 Å². The monoisotopic (exact) mass is 275 g/mol. The lowest BCUT2D eigenvalue weighted by Gasteiger charge is -2.17. The van der Waals surface area contributed by atoms with E-state index in [1.54, 1.807) is 18.8 Å². The van der Waals surface area contributed by atoms with Crippen molar-refractivity contribution < 1.29 is 9.59 Å². The van der Waals surface area contributed by atoms with Crippen LogP contribution in [-0.2, 0) is 9.59 Å². The first kappa shape index (κ1) is 17.2. The average molecular weight is 275 g/mol. The lowest BCUT2D eigenvalue weighted by molar-refractivity contribution is -0.132. The van der Waals surface area contributed by atoms with E-state index in [0.29, 0.717) is 24.1 Å². The van der Waals surface area contributed by atoms with Gasteiger partial charge in [0.15, 0.2) is 0 Å². The zero-order valence-corrected chi connectivity index (χ0v) is 12.4. The number of likely N-dealkylation sites (N-methyl/N-ethyl adjacent to an activating group) is 1. The number of thioether (sulfide) groups is 1. The van der Waals surface area contributed by atoms with Gasteiger partial charge in [-0.15, -0.1) is 11.8 Å². The normalized spacial score (nSPS) is 12.0. The summed E-state index contributed by atoms with van der Waals surface area (Å²) in [6.07, 6.45) is 1.80. The van der Waals surface area contributed by atoms with Crippen LogP contribution in [0.1, 0.15) is 26.7 Å². The van der Waals surface area contributed by atoms with Crippen molar-refractivity contribution in [2.24, 2.45) is 5.73 Å². The fraction of sp³-hybridized carbons (Fsp3) is 0.833. The number of rotatable bonds is 9. The molecule has 5 nitrogen and oxygen atoms in total. The summed E-state index contributed by atoms with van der Waals surface area (Å²) >= 11 is 1.58. The highest BCUT2D eigenvalue weighted by atomic mass is 32.2. The van der Waals surface area contributed by atoms with Gasteiger partial charge in [0.05, 0.1) is 12.3 Å². The van der Waals surface area contributed by atoms with Crippen LogP contribution in [0.15, 0.2) is 0 Å². The van der Waals surface area contributed by atoms with Crippen LogP contribution in [0.5, 0.6) is 0 Å². The number of carbonyl (C=O) groups is 2. The number of hydrogen-bond acceptors (Lipinski definition) is 4. The number of nitrogens with one attached hydrogen (secondary N) is 1. The van der Waals surface area contributed by atoms with Gasteiger partial charge >= 0.3 is 0 Å². The minimum Gasteiger partial charge on any atom is -0.355 e. The number of hydrogen-bond donors (Lipinski definition) is 2.